The van der Waals surface area contributed by atoms with Gasteiger partial charge in [-0.3, -0.25) is 4.79 Å². The Morgan fingerprint density at radius 1 is 1.08 bits per heavy atom. The topological polar surface area (TPSA) is 65.0 Å². The standard InChI is InChI=1S/C19H20O5/c1-4-24-15-7-5-13(18(21)11-15)6-10-17(20)16-9-8-14(22-2)12-19(16)23-3/h5-12,21H,4H2,1-3H3. The van der Waals surface area contributed by atoms with Crippen molar-refractivity contribution < 1.29 is 24.1 Å². The van der Waals surface area contributed by atoms with Gasteiger partial charge in [0, 0.05) is 17.7 Å². The molecule has 0 radical (unpaired) electrons. The first-order valence-electron chi connectivity index (χ1n) is 7.49. The summed E-state index contributed by atoms with van der Waals surface area (Å²) in [6, 6.07) is 9.92. The molecule has 0 saturated heterocycles. The molecule has 0 aliphatic heterocycles. The Bertz CT molecular complexity index is 749. The number of ketones is 1. The van der Waals surface area contributed by atoms with Crippen LogP contribution in [0.5, 0.6) is 23.0 Å². The Balaban J connectivity index is 2.21. The van der Waals surface area contributed by atoms with Crippen LogP contribution < -0.4 is 14.2 Å². The lowest BCUT2D eigenvalue weighted by molar-refractivity contribution is 0.104. The molecule has 2 aromatic carbocycles. The molecular weight excluding hydrogens is 308 g/mol. The van der Waals surface area contributed by atoms with Crippen LogP contribution in [0.3, 0.4) is 0 Å². The Kier molecular flexibility index (Phi) is 5.84. The van der Waals surface area contributed by atoms with Gasteiger partial charge in [-0.25, -0.2) is 0 Å². The number of allylic oxidation sites excluding steroid dienone is 1. The Morgan fingerprint density at radius 3 is 2.46 bits per heavy atom. The molecule has 1 N–H and O–H groups in total. The lowest BCUT2D eigenvalue weighted by Crippen LogP contribution is -1.99. The third-order valence-electron chi connectivity index (χ3n) is 3.40. The van der Waals surface area contributed by atoms with Crippen molar-refractivity contribution in [3.05, 3.63) is 53.6 Å². The van der Waals surface area contributed by atoms with E-state index in [-0.39, 0.29) is 11.5 Å². The zero-order valence-corrected chi connectivity index (χ0v) is 13.9. The van der Waals surface area contributed by atoms with Crippen molar-refractivity contribution in [1.82, 2.24) is 0 Å². The van der Waals surface area contributed by atoms with Gasteiger partial charge in [-0.1, -0.05) is 0 Å². The zero-order valence-electron chi connectivity index (χ0n) is 13.9. The van der Waals surface area contributed by atoms with Crippen molar-refractivity contribution >= 4 is 11.9 Å². The number of methoxy groups -OCH3 is 2. The molecule has 0 amide bonds. The largest absolute Gasteiger partial charge is 0.507 e. The van der Waals surface area contributed by atoms with Gasteiger partial charge in [0.05, 0.1) is 26.4 Å². The molecule has 0 saturated carbocycles. The van der Waals surface area contributed by atoms with E-state index in [0.717, 1.165) is 0 Å². The first-order chi connectivity index (χ1) is 11.6. The summed E-state index contributed by atoms with van der Waals surface area (Å²) in [7, 11) is 3.04. The maximum Gasteiger partial charge on any atom is 0.189 e. The number of rotatable bonds is 7. The Labute approximate surface area is 141 Å². The first-order valence-corrected chi connectivity index (χ1v) is 7.49. The van der Waals surface area contributed by atoms with Gasteiger partial charge in [0.2, 0.25) is 0 Å². The van der Waals surface area contributed by atoms with E-state index in [2.05, 4.69) is 0 Å². The Hall–Kier alpha value is -2.95. The van der Waals surface area contributed by atoms with Gasteiger partial charge in [0.25, 0.3) is 0 Å². The summed E-state index contributed by atoms with van der Waals surface area (Å²) in [5.41, 5.74) is 0.944. The number of hydrogen-bond donors (Lipinski definition) is 1. The molecule has 0 atom stereocenters. The quantitative estimate of drug-likeness (QED) is 0.620. The smallest absolute Gasteiger partial charge is 0.189 e. The number of hydrogen-bond acceptors (Lipinski definition) is 5. The number of carbonyl (C=O) groups is 1. The average Bonchev–Trinajstić information content (AvgIpc) is 2.60. The predicted molar refractivity (Wildman–Crippen MR) is 92.2 cm³/mol. The van der Waals surface area contributed by atoms with Crippen molar-refractivity contribution in [2.45, 2.75) is 6.92 Å². The van der Waals surface area contributed by atoms with Gasteiger partial charge in [-0.15, -0.1) is 0 Å². The molecule has 2 rings (SSSR count). The first kappa shape index (κ1) is 17.4. The molecule has 0 heterocycles. The molecule has 24 heavy (non-hydrogen) atoms. The molecular formula is C19H20O5. The van der Waals surface area contributed by atoms with Crippen LogP contribution in [0.15, 0.2) is 42.5 Å². The van der Waals surface area contributed by atoms with Gasteiger partial charge < -0.3 is 19.3 Å². The van der Waals surface area contributed by atoms with Gasteiger partial charge >= 0.3 is 0 Å². The summed E-state index contributed by atoms with van der Waals surface area (Å²) in [5, 5.41) is 9.99. The number of phenolic OH excluding ortho intramolecular Hbond substituents is 1. The SMILES string of the molecule is CCOc1ccc(C=CC(=O)c2ccc(OC)cc2OC)c(O)c1. The van der Waals surface area contributed by atoms with Crippen LogP contribution in [0.2, 0.25) is 0 Å². The molecule has 0 unspecified atom stereocenters. The molecule has 0 fully saturated rings. The number of ether oxygens (including phenoxy) is 3. The van der Waals surface area contributed by atoms with Crippen LogP contribution >= 0.6 is 0 Å². The summed E-state index contributed by atoms with van der Waals surface area (Å²) < 4.78 is 15.6. The van der Waals surface area contributed by atoms with Crippen LogP contribution in [0.4, 0.5) is 0 Å². The number of phenols is 1. The maximum atomic E-state index is 12.4. The molecule has 126 valence electrons. The minimum atomic E-state index is -0.234. The lowest BCUT2D eigenvalue weighted by atomic mass is 10.1. The minimum Gasteiger partial charge on any atom is -0.507 e. The zero-order chi connectivity index (χ0) is 17.5. The van der Waals surface area contributed by atoms with Gasteiger partial charge in [0.15, 0.2) is 5.78 Å². The van der Waals surface area contributed by atoms with Crippen molar-refractivity contribution in [2.75, 3.05) is 20.8 Å². The Morgan fingerprint density at radius 2 is 1.83 bits per heavy atom. The van der Waals surface area contributed by atoms with E-state index in [1.165, 1.54) is 19.3 Å². The maximum absolute atomic E-state index is 12.4. The molecule has 0 aliphatic carbocycles. The molecule has 5 heteroatoms. The fourth-order valence-electron chi connectivity index (χ4n) is 2.18. The van der Waals surface area contributed by atoms with Crippen molar-refractivity contribution in [3.63, 3.8) is 0 Å². The van der Waals surface area contributed by atoms with Crippen molar-refractivity contribution in [3.8, 4) is 23.0 Å². The van der Waals surface area contributed by atoms with Crippen molar-refractivity contribution in [2.24, 2.45) is 0 Å². The monoisotopic (exact) mass is 328 g/mol. The average molecular weight is 328 g/mol. The molecule has 0 spiro atoms. The summed E-state index contributed by atoms with van der Waals surface area (Å²) in [6.45, 7) is 2.39. The summed E-state index contributed by atoms with van der Waals surface area (Å²) >= 11 is 0. The van der Waals surface area contributed by atoms with E-state index in [0.29, 0.717) is 35.0 Å². The molecule has 0 aliphatic rings. The van der Waals surface area contributed by atoms with E-state index in [4.69, 9.17) is 14.2 Å². The number of benzene rings is 2. The second-order valence-electron chi connectivity index (χ2n) is 4.92. The fourth-order valence-corrected chi connectivity index (χ4v) is 2.18. The van der Waals surface area contributed by atoms with Gasteiger partial charge in [0.1, 0.15) is 23.0 Å². The van der Waals surface area contributed by atoms with E-state index < -0.39 is 0 Å². The highest BCUT2D eigenvalue weighted by atomic mass is 16.5. The summed E-state index contributed by atoms with van der Waals surface area (Å²) in [6.07, 6.45) is 2.94. The van der Waals surface area contributed by atoms with E-state index in [1.54, 1.807) is 43.5 Å². The van der Waals surface area contributed by atoms with Crippen LogP contribution in [0, 0.1) is 0 Å². The van der Waals surface area contributed by atoms with Gasteiger partial charge in [-0.2, -0.15) is 0 Å². The number of aromatic hydroxyl groups is 1. The second kappa shape index (κ2) is 8.06. The highest BCUT2D eigenvalue weighted by molar-refractivity contribution is 6.08. The third-order valence-corrected chi connectivity index (χ3v) is 3.40. The highest BCUT2D eigenvalue weighted by Crippen LogP contribution is 2.27. The highest BCUT2D eigenvalue weighted by Gasteiger charge is 2.11. The molecule has 0 aromatic heterocycles. The minimum absolute atomic E-state index is 0.0479. The van der Waals surface area contributed by atoms with Crippen LogP contribution in [0.1, 0.15) is 22.8 Å². The van der Waals surface area contributed by atoms with Crippen LogP contribution in [-0.2, 0) is 0 Å². The third kappa shape index (κ3) is 4.07. The van der Waals surface area contributed by atoms with Crippen molar-refractivity contribution in [1.29, 1.82) is 0 Å². The summed E-state index contributed by atoms with van der Waals surface area (Å²) in [4.78, 5) is 12.4. The van der Waals surface area contributed by atoms with E-state index in [9.17, 15) is 9.90 Å². The normalized spacial score (nSPS) is 10.6. The van der Waals surface area contributed by atoms with Crippen LogP contribution in [0.25, 0.3) is 6.08 Å². The predicted octanol–water partition coefficient (Wildman–Crippen LogP) is 3.70. The second-order valence-corrected chi connectivity index (χ2v) is 4.92. The van der Waals surface area contributed by atoms with Crippen LogP contribution in [-0.4, -0.2) is 31.7 Å². The lowest BCUT2D eigenvalue weighted by Gasteiger charge is -2.08. The molecule has 5 nitrogen and oxygen atoms in total. The van der Waals surface area contributed by atoms with Gasteiger partial charge in [-0.05, 0) is 43.3 Å². The number of carbonyl (C=O) groups excluding carboxylic acids is 1. The van der Waals surface area contributed by atoms with E-state index in [1.807, 2.05) is 6.92 Å². The van der Waals surface area contributed by atoms with E-state index >= 15 is 0 Å². The molecule has 2 aromatic rings. The fraction of sp³-hybridized carbons (Fsp3) is 0.211. The molecule has 0 bridgehead atoms. The summed E-state index contributed by atoms with van der Waals surface area (Å²) in [5.74, 6) is 1.43.